The van der Waals surface area contributed by atoms with Crippen LogP contribution < -0.4 is 5.73 Å². The molecule has 2 heterocycles. The highest BCUT2D eigenvalue weighted by molar-refractivity contribution is 7.20. The molecule has 0 aliphatic carbocycles. The van der Waals surface area contributed by atoms with Gasteiger partial charge in [-0.2, -0.15) is 0 Å². The Balaban J connectivity index is 2.81. The number of primary amides is 1. The molecular formula is C8H5FN2OS. The van der Waals surface area contributed by atoms with Gasteiger partial charge in [0.1, 0.15) is 4.88 Å². The number of amides is 1. The number of nitrogens with two attached hydrogens (primary N) is 1. The van der Waals surface area contributed by atoms with Gasteiger partial charge in [0, 0.05) is 17.8 Å². The van der Waals surface area contributed by atoms with Crippen LogP contribution in [0.2, 0.25) is 0 Å². The first-order chi connectivity index (χ1) is 6.20. The molecule has 2 rings (SSSR count). The average Bonchev–Trinajstić information content (AvgIpc) is 2.45. The van der Waals surface area contributed by atoms with Crippen LogP contribution in [0.1, 0.15) is 9.67 Å². The van der Waals surface area contributed by atoms with Crippen molar-refractivity contribution in [3.05, 3.63) is 29.2 Å². The third kappa shape index (κ3) is 1.17. The number of hydrogen-bond acceptors (Lipinski definition) is 3. The number of halogens is 1. The second-order valence-corrected chi connectivity index (χ2v) is 3.53. The van der Waals surface area contributed by atoms with Gasteiger partial charge in [0.2, 0.25) is 0 Å². The molecule has 2 aromatic rings. The molecule has 0 aliphatic heterocycles. The van der Waals surface area contributed by atoms with Crippen molar-refractivity contribution in [3.8, 4) is 0 Å². The Bertz CT molecular complexity index is 480. The van der Waals surface area contributed by atoms with Crippen LogP contribution in [0.4, 0.5) is 4.39 Å². The van der Waals surface area contributed by atoms with Crippen LogP contribution >= 0.6 is 11.3 Å². The number of rotatable bonds is 1. The van der Waals surface area contributed by atoms with Crippen molar-refractivity contribution in [1.29, 1.82) is 0 Å². The lowest BCUT2D eigenvalue weighted by Crippen LogP contribution is -2.10. The lowest BCUT2D eigenvalue weighted by atomic mass is 10.3. The Morgan fingerprint density at radius 3 is 3.00 bits per heavy atom. The predicted octanol–water partition coefficient (Wildman–Crippen LogP) is 1.53. The van der Waals surface area contributed by atoms with E-state index in [4.69, 9.17) is 5.73 Å². The molecule has 3 nitrogen and oxygen atoms in total. The second-order valence-electron chi connectivity index (χ2n) is 2.48. The number of thiophene rings is 1. The molecule has 2 aromatic heterocycles. The number of aromatic nitrogens is 1. The van der Waals surface area contributed by atoms with Gasteiger partial charge >= 0.3 is 0 Å². The first-order valence-corrected chi connectivity index (χ1v) is 4.33. The third-order valence-electron chi connectivity index (χ3n) is 1.66. The fourth-order valence-corrected chi connectivity index (χ4v) is 1.98. The summed E-state index contributed by atoms with van der Waals surface area (Å²) in [6.07, 6.45) is 2.98. The Labute approximate surface area is 77.0 Å². The van der Waals surface area contributed by atoms with Crippen LogP contribution in [-0.4, -0.2) is 10.9 Å². The SMILES string of the molecule is NC(=O)c1sc2cnccc2c1F. The topological polar surface area (TPSA) is 56.0 Å². The van der Waals surface area contributed by atoms with E-state index >= 15 is 0 Å². The Morgan fingerprint density at radius 2 is 2.38 bits per heavy atom. The molecule has 5 heteroatoms. The molecule has 2 N–H and O–H groups in total. The molecule has 0 aliphatic rings. The number of pyridine rings is 1. The summed E-state index contributed by atoms with van der Waals surface area (Å²) in [7, 11) is 0. The van der Waals surface area contributed by atoms with Crippen LogP contribution in [0.25, 0.3) is 10.1 Å². The van der Waals surface area contributed by atoms with Crippen molar-refractivity contribution in [2.45, 2.75) is 0 Å². The lowest BCUT2D eigenvalue weighted by molar-refractivity contribution is 0.100. The number of carbonyl (C=O) groups is 1. The predicted molar refractivity (Wildman–Crippen MR) is 48.1 cm³/mol. The van der Waals surface area contributed by atoms with Crippen LogP contribution in [-0.2, 0) is 0 Å². The van der Waals surface area contributed by atoms with E-state index in [-0.39, 0.29) is 4.88 Å². The molecule has 0 saturated carbocycles. The Kier molecular flexibility index (Phi) is 1.73. The molecule has 0 unspecified atom stereocenters. The first kappa shape index (κ1) is 8.12. The lowest BCUT2D eigenvalue weighted by Gasteiger charge is -1.86. The summed E-state index contributed by atoms with van der Waals surface area (Å²) in [5.74, 6) is -1.28. The summed E-state index contributed by atoms with van der Waals surface area (Å²) in [5, 5.41) is 0.397. The highest BCUT2D eigenvalue weighted by Gasteiger charge is 2.15. The van der Waals surface area contributed by atoms with Gasteiger partial charge in [0.25, 0.3) is 5.91 Å². The fourth-order valence-electron chi connectivity index (χ4n) is 1.08. The summed E-state index contributed by atoms with van der Waals surface area (Å²) < 4.78 is 14.0. The summed E-state index contributed by atoms with van der Waals surface area (Å²) in [4.78, 5) is 14.5. The van der Waals surface area contributed by atoms with Gasteiger partial charge in [-0.15, -0.1) is 11.3 Å². The number of fused-ring (bicyclic) bond motifs is 1. The summed E-state index contributed by atoms with van der Waals surface area (Å²) in [6, 6.07) is 1.52. The maximum Gasteiger partial charge on any atom is 0.261 e. The normalized spacial score (nSPS) is 10.5. The van der Waals surface area contributed by atoms with Gasteiger partial charge in [-0.1, -0.05) is 0 Å². The second kappa shape index (κ2) is 2.77. The maximum absolute atomic E-state index is 13.4. The zero-order valence-electron chi connectivity index (χ0n) is 6.45. The molecule has 1 amide bonds. The number of hydrogen-bond donors (Lipinski definition) is 1. The van der Waals surface area contributed by atoms with Gasteiger partial charge in [-0.25, -0.2) is 4.39 Å². The van der Waals surface area contributed by atoms with Crippen LogP contribution in [0, 0.1) is 5.82 Å². The summed E-state index contributed by atoms with van der Waals surface area (Å²) in [6.45, 7) is 0. The van der Waals surface area contributed by atoms with Gasteiger partial charge in [-0.05, 0) is 6.07 Å². The Morgan fingerprint density at radius 1 is 1.62 bits per heavy atom. The van der Waals surface area contributed by atoms with E-state index in [1.807, 2.05) is 0 Å². The molecule has 0 atom stereocenters. The van der Waals surface area contributed by atoms with Gasteiger partial charge < -0.3 is 5.73 Å². The van der Waals surface area contributed by atoms with Gasteiger partial charge in [-0.3, -0.25) is 9.78 Å². The third-order valence-corrected chi connectivity index (χ3v) is 2.79. The summed E-state index contributed by atoms with van der Waals surface area (Å²) in [5.41, 5.74) is 4.99. The minimum Gasteiger partial charge on any atom is -0.365 e. The van der Waals surface area contributed by atoms with Crippen LogP contribution in [0.15, 0.2) is 18.5 Å². The number of carbonyl (C=O) groups excluding carboxylic acids is 1. The van der Waals surface area contributed by atoms with Crippen LogP contribution in [0.3, 0.4) is 0 Å². The fraction of sp³-hybridized carbons (Fsp3) is 0. The number of nitrogens with zero attached hydrogens (tertiary/aromatic N) is 1. The van der Waals surface area contributed by atoms with Crippen molar-refractivity contribution >= 4 is 27.3 Å². The zero-order valence-corrected chi connectivity index (χ0v) is 7.27. The van der Waals surface area contributed by atoms with Crippen molar-refractivity contribution in [2.24, 2.45) is 5.73 Å². The zero-order chi connectivity index (χ0) is 9.42. The molecule has 0 spiro atoms. The van der Waals surface area contributed by atoms with Crippen LogP contribution in [0.5, 0.6) is 0 Å². The van der Waals surface area contributed by atoms with Crippen molar-refractivity contribution in [1.82, 2.24) is 4.98 Å². The van der Waals surface area contributed by atoms with E-state index in [1.54, 1.807) is 0 Å². The molecule has 13 heavy (non-hydrogen) atoms. The highest BCUT2D eigenvalue weighted by atomic mass is 32.1. The monoisotopic (exact) mass is 196 g/mol. The molecule has 0 aromatic carbocycles. The maximum atomic E-state index is 13.4. The van der Waals surface area contributed by atoms with E-state index in [1.165, 1.54) is 18.5 Å². The molecule has 0 saturated heterocycles. The molecular weight excluding hydrogens is 191 g/mol. The quantitative estimate of drug-likeness (QED) is 0.752. The van der Waals surface area contributed by atoms with Crippen molar-refractivity contribution in [2.75, 3.05) is 0 Å². The minimum atomic E-state index is -0.737. The molecule has 0 fully saturated rings. The van der Waals surface area contributed by atoms with E-state index in [2.05, 4.69) is 4.98 Å². The average molecular weight is 196 g/mol. The minimum absolute atomic E-state index is 0.0389. The Hall–Kier alpha value is -1.49. The van der Waals surface area contributed by atoms with E-state index in [0.717, 1.165) is 11.3 Å². The standard InChI is InChI=1S/C8H5FN2OS/c9-6-4-1-2-11-3-5(4)13-7(6)8(10)12/h1-3H,(H2,10,12). The smallest absolute Gasteiger partial charge is 0.261 e. The molecule has 0 radical (unpaired) electrons. The summed E-state index contributed by atoms with van der Waals surface area (Å²) >= 11 is 1.02. The van der Waals surface area contributed by atoms with Crippen molar-refractivity contribution in [3.63, 3.8) is 0 Å². The van der Waals surface area contributed by atoms with Crippen molar-refractivity contribution < 1.29 is 9.18 Å². The van der Waals surface area contributed by atoms with E-state index in [0.29, 0.717) is 10.1 Å². The first-order valence-electron chi connectivity index (χ1n) is 3.52. The van der Waals surface area contributed by atoms with Gasteiger partial charge in [0.15, 0.2) is 5.82 Å². The largest absolute Gasteiger partial charge is 0.365 e. The molecule has 0 bridgehead atoms. The highest BCUT2D eigenvalue weighted by Crippen LogP contribution is 2.28. The molecule has 66 valence electrons. The van der Waals surface area contributed by atoms with Gasteiger partial charge in [0.05, 0.1) is 4.70 Å². The van der Waals surface area contributed by atoms with E-state index in [9.17, 15) is 9.18 Å². The van der Waals surface area contributed by atoms with E-state index < -0.39 is 11.7 Å².